The van der Waals surface area contributed by atoms with Crippen LogP contribution in [-0.4, -0.2) is 6.54 Å². The van der Waals surface area contributed by atoms with Crippen molar-refractivity contribution in [2.24, 2.45) is 0 Å². The van der Waals surface area contributed by atoms with Crippen molar-refractivity contribution in [2.75, 3.05) is 11.4 Å². The topological polar surface area (TPSA) is 3.24 Å². The molecule has 124 valence electrons. The van der Waals surface area contributed by atoms with Gasteiger partial charge in [-0.1, -0.05) is 92.4 Å². The van der Waals surface area contributed by atoms with Gasteiger partial charge in [0.05, 0.1) is 5.54 Å². The van der Waals surface area contributed by atoms with Gasteiger partial charge < -0.3 is 4.90 Å². The van der Waals surface area contributed by atoms with Crippen molar-refractivity contribution in [2.45, 2.75) is 18.4 Å². The summed E-state index contributed by atoms with van der Waals surface area (Å²) in [6.07, 6.45) is 0. The van der Waals surface area contributed by atoms with Crippen molar-refractivity contribution in [3.8, 4) is 0 Å². The first-order chi connectivity index (χ1) is 12.2. The molecule has 2 unspecified atom stereocenters. The minimum atomic E-state index is -0.204. The van der Waals surface area contributed by atoms with E-state index < -0.39 is 0 Å². The fourth-order valence-corrected chi connectivity index (χ4v) is 4.26. The molecule has 3 aromatic carbocycles. The second kappa shape index (κ2) is 6.25. The third kappa shape index (κ3) is 2.39. The van der Waals surface area contributed by atoms with Crippen molar-refractivity contribution in [1.82, 2.24) is 0 Å². The Morgan fingerprint density at radius 3 is 1.88 bits per heavy atom. The monoisotopic (exact) mass is 325 g/mol. The maximum Gasteiger partial charge on any atom is 0.0950 e. The summed E-state index contributed by atoms with van der Waals surface area (Å²) >= 11 is 0. The average Bonchev–Trinajstić information content (AvgIpc) is 2.68. The van der Waals surface area contributed by atoms with Gasteiger partial charge in [-0.3, -0.25) is 0 Å². The lowest BCUT2D eigenvalue weighted by Crippen LogP contribution is -2.62. The summed E-state index contributed by atoms with van der Waals surface area (Å²) in [5.41, 5.74) is 4.98. The molecule has 1 aliphatic heterocycles. The summed E-state index contributed by atoms with van der Waals surface area (Å²) < 4.78 is 0. The van der Waals surface area contributed by atoms with Gasteiger partial charge in [0.1, 0.15) is 0 Å². The fraction of sp³-hybridized carbons (Fsp3) is 0.167. The van der Waals surface area contributed by atoms with Crippen molar-refractivity contribution in [1.29, 1.82) is 0 Å². The summed E-state index contributed by atoms with van der Waals surface area (Å²) in [5.74, 6) is 0.303. The van der Waals surface area contributed by atoms with Crippen LogP contribution < -0.4 is 4.90 Å². The maximum absolute atomic E-state index is 4.47. The Labute approximate surface area is 150 Å². The fourth-order valence-electron chi connectivity index (χ4n) is 4.26. The third-order valence-electron chi connectivity index (χ3n) is 5.52. The van der Waals surface area contributed by atoms with Gasteiger partial charge in [0.15, 0.2) is 0 Å². The zero-order valence-corrected chi connectivity index (χ0v) is 14.6. The van der Waals surface area contributed by atoms with Crippen molar-refractivity contribution < 1.29 is 0 Å². The second-order valence-corrected chi connectivity index (χ2v) is 6.79. The molecule has 0 N–H and O–H groups in total. The van der Waals surface area contributed by atoms with Crippen molar-refractivity contribution in [3.63, 3.8) is 0 Å². The zero-order valence-electron chi connectivity index (χ0n) is 14.6. The molecule has 4 rings (SSSR count). The van der Waals surface area contributed by atoms with Crippen LogP contribution in [0.2, 0.25) is 0 Å². The number of hydrogen-bond acceptors (Lipinski definition) is 1. The maximum atomic E-state index is 4.47. The first kappa shape index (κ1) is 15.7. The van der Waals surface area contributed by atoms with Crippen LogP contribution in [0.4, 0.5) is 5.69 Å². The van der Waals surface area contributed by atoms with Crippen LogP contribution in [0.3, 0.4) is 0 Å². The highest BCUT2D eigenvalue weighted by molar-refractivity contribution is 5.65. The molecule has 1 nitrogen and oxygen atoms in total. The van der Waals surface area contributed by atoms with Gasteiger partial charge in [-0.25, -0.2) is 0 Å². The lowest BCUT2D eigenvalue weighted by atomic mass is 9.64. The van der Waals surface area contributed by atoms with Gasteiger partial charge in [-0.05, 0) is 28.8 Å². The lowest BCUT2D eigenvalue weighted by molar-refractivity contribution is 0.332. The molecule has 1 heteroatoms. The molecule has 1 heterocycles. The smallest absolute Gasteiger partial charge is 0.0950 e. The van der Waals surface area contributed by atoms with E-state index in [2.05, 4.69) is 109 Å². The summed E-state index contributed by atoms with van der Waals surface area (Å²) in [7, 11) is 0. The Kier molecular flexibility index (Phi) is 3.93. The summed E-state index contributed by atoms with van der Waals surface area (Å²) in [6.45, 7) is 7.69. The van der Waals surface area contributed by atoms with Gasteiger partial charge in [-0.15, -0.1) is 0 Å². The van der Waals surface area contributed by atoms with Gasteiger partial charge in [-0.2, -0.15) is 0 Å². The molecule has 2 atom stereocenters. The van der Waals surface area contributed by atoms with E-state index in [-0.39, 0.29) is 5.54 Å². The number of hydrogen-bond donors (Lipinski definition) is 0. The van der Waals surface area contributed by atoms with E-state index in [0.29, 0.717) is 5.92 Å². The highest BCUT2D eigenvalue weighted by Gasteiger charge is 2.53. The third-order valence-corrected chi connectivity index (χ3v) is 5.52. The number of para-hydroxylation sites is 1. The first-order valence-electron chi connectivity index (χ1n) is 8.86. The van der Waals surface area contributed by atoms with E-state index in [0.717, 1.165) is 6.54 Å². The Morgan fingerprint density at radius 1 is 0.800 bits per heavy atom. The van der Waals surface area contributed by atoms with Crippen LogP contribution in [0.1, 0.15) is 24.0 Å². The molecule has 0 aromatic heterocycles. The number of nitrogens with zero attached hydrogens (tertiary/aromatic N) is 1. The highest BCUT2D eigenvalue weighted by atomic mass is 15.3. The molecule has 3 aromatic rings. The molecule has 25 heavy (non-hydrogen) atoms. The highest BCUT2D eigenvalue weighted by Crippen LogP contribution is 2.54. The van der Waals surface area contributed by atoms with Crippen LogP contribution in [0.5, 0.6) is 0 Å². The molecule has 0 amide bonds. The van der Waals surface area contributed by atoms with Gasteiger partial charge in [0.2, 0.25) is 0 Å². The molecule has 1 saturated heterocycles. The Morgan fingerprint density at radius 2 is 1.32 bits per heavy atom. The number of rotatable bonds is 4. The predicted molar refractivity (Wildman–Crippen MR) is 106 cm³/mol. The Balaban J connectivity index is 1.89. The number of benzene rings is 3. The van der Waals surface area contributed by atoms with Gasteiger partial charge in [0, 0.05) is 18.2 Å². The first-order valence-corrected chi connectivity index (χ1v) is 8.86. The van der Waals surface area contributed by atoms with E-state index in [1.807, 2.05) is 0 Å². The molecular weight excluding hydrogens is 302 g/mol. The van der Waals surface area contributed by atoms with Crippen molar-refractivity contribution >= 4 is 5.69 Å². The van der Waals surface area contributed by atoms with Crippen LogP contribution in [-0.2, 0) is 5.54 Å². The summed E-state index contributed by atoms with van der Waals surface area (Å²) in [5, 5.41) is 0. The van der Waals surface area contributed by atoms with Gasteiger partial charge in [0.25, 0.3) is 0 Å². The number of anilines is 1. The standard InChI is InChI=1S/C24H23N/c1-19-18-25(23-16-10-5-11-17-23)24(19,22-14-8-4-9-15-22)20(2)21-12-6-3-7-13-21/h3-17,20H,1,18H2,2H3. The summed E-state index contributed by atoms with van der Waals surface area (Å²) in [6, 6.07) is 32.3. The molecule has 0 radical (unpaired) electrons. The largest absolute Gasteiger partial charge is 0.353 e. The SMILES string of the molecule is C=C1CN(c2ccccc2)C1(c1ccccc1)C(C)c1ccccc1. The molecule has 1 aliphatic rings. The van der Waals surface area contributed by atoms with Crippen LogP contribution >= 0.6 is 0 Å². The molecule has 0 aliphatic carbocycles. The molecule has 0 saturated carbocycles. The summed E-state index contributed by atoms with van der Waals surface area (Å²) in [4.78, 5) is 2.50. The van der Waals surface area contributed by atoms with Crippen molar-refractivity contribution in [3.05, 3.63) is 114 Å². The minimum absolute atomic E-state index is 0.204. The van der Waals surface area contributed by atoms with E-state index in [4.69, 9.17) is 0 Å². The van der Waals surface area contributed by atoms with E-state index in [1.54, 1.807) is 0 Å². The van der Waals surface area contributed by atoms with Crippen LogP contribution in [0, 0.1) is 0 Å². The molecular formula is C24H23N. The van der Waals surface area contributed by atoms with Gasteiger partial charge >= 0.3 is 0 Å². The Bertz CT molecular complexity index is 811. The molecule has 0 bridgehead atoms. The molecule has 0 spiro atoms. The van der Waals surface area contributed by atoms with E-state index in [9.17, 15) is 0 Å². The molecule has 1 fully saturated rings. The van der Waals surface area contributed by atoms with E-state index in [1.165, 1.54) is 22.4 Å². The van der Waals surface area contributed by atoms with Crippen LogP contribution in [0.25, 0.3) is 0 Å². The minimum Gasteiger partial charge on any atom is -0.353 e. The Hall–Kier alpha value is -2.80. The average molecular weight is 325 g/mol. The second-order valence-electron chi connectivity index (χ2n) is 6.79. The van der Waals surface area contributed by atoms with E-state index >= 15 is 0 Å². The predicted octanol–water partition coefficient (Wildman–Crippen LogP) is 5.76. The quantitative estimate of drug-likeness (QED) is 0.551. The zero-order chi connectivity index (χ0) is 17.3. The lowest BCUT2D eigenvalue weighted by Gasteiger charge is -2.59. The van der Waals surface area contributed by atoms with Crippen LogP contribution in [0.15, 0.2) is 103 Å². The normalized spacial score (nSPS) is 20.8.